The molecule has 1 aromatic rings. The first-order chi connectivity index (χ1) is 7.09. The predicted molar refractivity (Wildman–Crippen MR) is 39.8 cm³/mol. The molecule has 0 aromatic heterocycles. The van der Waals surface area contributed by atoms with Gasteiger partial charge in [0, 0.05) is 6.07 Å². The molecule has 0 spiro atoms. The van der Waals surface area contributed by atoms with Crippen molar-refractivity contribution in [2.24, 2.45) is 0 Å². The smallest absolute Gasteiger partial charge is 0.507 e. The summed E-state index contributed by atoms with van der Waals surface area (Å²) in [4.78, 5) is 0. The molecule has 0 bridgehead atoms. The lowest BCUT2D eigenvalue weighted by Gasteiger charge is -2.12. The van der Waals surface area contributed by atoms with Crippen molar-refractivity contribution < 1.29 is 36.2 Å². The number of phenolic OH excluding ortho intramolecular Hbond substituents is 1. The molecule has 0 radical (unpaired) electrons. The summed E-state index contributed by atoms with van der Waals surface area (Å²) < 4.78 is 74.7. The quantitative estimate of drug-likeness (QED) is 0.770. The summed E-state index contributed by atoms with van der Waals surface area (Å²) in [6.07, 6.45) is -9.85. The van der Waals surface area contributed by atoms with Gasteiger partial charge in [0.15, 0.2) is 0 Å². The van der Waals surface area contributed by atoms with Gasteiger partial charge in [0.1, 0.15) is 11.5 Å². The van der Waals surface area contributed by atoms with E-state index in [1.54, 1.807) is 0 Å². The molecule has 0 saturated heterocycles. The van der Waals surface area contributed by atoms with Crippen LogP contribution in [0.4, 0.5) is 26.3 Å². The van der Waals surface area contributed by atoms with Gasteiger partial charge in [0.05, 0.1) is 5.56 Å². The average molecular weight is 246 g/mol. The normalized spacial score (nSPS) is 12.6. The zero-order valence-corrected chi connectivity index (χ0v) is 7.36. The van der Waals surface area contributed by atoms with Crippen LogP contribution in [0.15, 0.2) is 18.2 Å². The van der Waals surface area contributed by atoms with Crippen molar-refractivity contribution in [2.75, 3.05) is 0 Å². The lowest BCUT2D eigenvalue weighted by molar-refractivity contribution is -0.274. The Bertz CT molecular complexity index is 381. The molecule has 1 N–H and O–H groups in total. The van der Waals surface area contributed by atoms with E-state index >= 15 is 0 Å². The van der Waals surface area contributed by atoms with Crippen molar-refractivity contribution in [3.8, 4) is 11.5 Å². The number of alkyl halides is 6. The first kappa shape index (κ1) is 12.5. The van der Waals surface area contributed by atoms with Gasteiger partial charge < -0.3 is 9.84 Å². The third-order valence-electron chi connectivity index (χ3n) is 1.51. The molecule has 0 heterocycles. The van der Waals surface area contributed by atoms with Crippen LogP contribution >= 0.6 is 0 Å². The zero-order chi connectivity index (χ0) is 12.6. The van der Waals surface area contributed by atoms with Crippen molar-refractivity contribution in [3.05, 3.63) is 23.8 Å². The summed E-state index contributed by atoms with van der Waals surface area (Å²) in [5, 5.41) is 8.86. The maximum atomic E-state index is 12.1. The summed E-state index contributed by atoms with van der Waals surface area (Å²) in [6, 6.07) is 1.02. The van der Waals surface area contributed by atoms with E-state index in [-0.39, 0.29) is 6.07 Å². The molecule has 90 valence electrons. The van der Waals surface area contributed by atoms with Crippen molar-refractivity contribution in [1.29, 1.82) is 0 Å². The number of rotatable bonds is 1. The lowest BCUT2D eigenvalue weighted by Crippen LogP contribution is -2.17. The van der Waals surface area contributed by atoms with E-state index in [4.69, 9.17) is 5.11 Å². The molecule has 0 fully saturated rings. The van der Waals surface area contributed by atoms with E-state index in [0.29, 0.717) is 12.1 Å². The van der Waals surface area contributed by atoms with Crippen molar-refractivity contribution >= 4 is 0 Å². The highest BCUT2D eigenvalue weighted by molar-refractivity contribution is 5.41. The van der Waals surface area contributed by atoms with Crippen LogP contribution in [-0.2, 0) is 6.18 Å². The zero-order valence-electron chi connectivity index (χ0n) is 7.36. The Hall–Kier alpha value is -1.60. The van der Waals surface area contributed by atoms with Crippen molar-refractivity contribution in [2.45, 2.75) is 12.5 Å². The van der Waals surface area contributed by atoms with E-state index in [1.807, 2.05) is 0 Å². The molecule has 16 heavy (non-hydrogen) atoms. The van der Waals surface area contributed by atoms with Gasteiger partial charge >= 0.3 is 12.5 Å². The van der Waals surface area contributed by atoms with Gasteiger partial charge in [-0.3, -0.25) is 0 Å². The highest BCUT2D eigenvalue weighted by Gasteiger charge is 2.35. The second kappa shape index (κ2) is 3.76. The molecule has 0 aliphatic rings. The maximum absolute atomic E-state index is 12.1. The molecule has 0 saturated carbocycles. The molecule has 8 heteroatoms. The van der Waals surface area contributed by atoms with Crippen LogP contribution in [0, 0.1) is 0 Å². The Labute approximate surface area is 85.1 Å². The van der Waals surface area contributed by atoms with Crippen LogP contribution in [0.3, 0.4) is 0 Å². The molecular weight excluding hydrogens is 242 g/mol. The van der Waals surface area contributed by atoms with Gasteiger partial charge in [-0.05, 0) is 12.1 Å². The molecule has 0 atom stereocenters. The van der Waals surface area contributed by atoms with Gasteiger partial charge in [0.25, 0.3) is 0 Å². The topological polar surface area (TPSA) is 29.5 Å². The maximum Gasteiger partial charge on any atom is 0.573 e. The molecule has 0 aliphatic carbocycles. The first-order valence-electron chi connectivity index (χ1n) is 3.75. The van der Waals surface area contributed by atoms with Gasteiger partial charge in [-0.2, -0.15) is 13.2 Å². The minimum absolute atomic E-state index is 0.246. The third-order valence-corrected chi connectivity index (χ3v) is 1.51. The number of ether oxygens (including phenoxy) is 1. The van der Waals surface area contributed by atoms with Crippen molar-refractivity contribution in [3.63, 3.8) is 0 Å². The SMILES string of the molecule is Oc1cc(OC(F)(F)F)ccc1C(F)(F)F. The standard InChI is InChI=1S/C8H4F6O2/c9-7(10,11)5-2-1-4(3-6(5)15)16-8(12,13)14/h1-3,15H. The van der Waals surface area contributed by atoms with Gasteiger partial charge in [0.2, 0.25) is 0 Å². The molecule has 1 rings (SSSR count). The summed E-state index contributed by atoms with van der Waals surface area (Å²) in [5.41, 5.74) is -1.43. The molecule has 1 aromatic carbocycles. The third kappa shape index (κ3) is 3.21. The van der Waals surface area contributed by atoms with Gasteiger partial charge in [-0.1, -0.05) is 0 Å². The van der Waals surface area contributed by atoms with Crippen LogP contribution in [0.25, 0.3) is 0 Å². The van der Waals surface area contributed by atoms with Crippen molar-refractivity contribution in [1.82, 2.24) is 0 Å². The average Bonchev–Trinajstić information content (AvgIpc) is 1.97. The minimum Gasteiger partial charge on any atom is -0.507 e. The molecular formula is C8H4F6O2. The summed E-state index contributed by atoms with van der Waals surface area (Å²) in [6.45, 7) is 0. The number of benzene rings is 1. The number of aromatic hydroxyl groups is 1. The second-order valence-electron chi connectivity index (χ2n) is 2.72. The summed E-state index contributed by atoms with van der Waals surface area (Å²) in [7, 11) is 0. The lowest BCUT2D eigenvalue weighted by atomic mass is 10.2. The predicted octanol–water partition coefficient (Wildman–Crippen LogP) is 3.31. The van der Waals surface area contributed by atoms with Crippen LogP contribution in [0.1, 0.15) is 5.56 Å². The highest BCUT2D eigenvalue weighted by Crippen LogP contribution is 2.38. The van der Waals surface area contributed by atoms with E-state index in [0.717, 1.165) is 0 Å². The molecule has 0 amide bonds. The monoisotopic (exact) mass is 246 g/mol. The van der Waals surface area contributed by atoms with Crippen LogP contribution in [0.2, 0.25) is 0 Å². The Kier molecular flexibility index (Phi) is 2.93. The first-order valence-corrected chi connectivity index (χ1v) is 3.75. The van der Waals surface area contributed by atoms with Gasteiger partial charge in [-0.25, -0.2) is 0 Å². The van der Waals surface area contributed by atoms with E-state index in [9.17, 15) is 26.3 Å². The Morgan fingerprint density at radius 2 is 1.56 bits per heavy atom. The largest absolute Gasteiger partial charge is 0.573 e. The van der Waals surface area contributed by atoms with E-state index in [1.165, 1.54) is 0 Å². The fourth-order valence-electron chi connectivity index (χ4n) is 0.948. The van der Waals surface area contributed by atoms with Gasteiger partial charge in [-0.15, -0.1) is 13.2 Å². The highest BCUT2D eigenvalue weighted by atomic mass is 19.4. The number of halogens is 6. The summed E-state index contributed by atoms with van der Waals surface area (Å²) in [5.74, 6) is -2.24. The Balaban J connectivity index is 3.01. The summed E-state index contributed by atoms with van der Waals surface area (Å²) >= 11 is 0. The number of hydrogen-bond donors (Lipinski definition) is 1. The van der Waals surface area contributed by atoms with Crippen LogP contribution < -0.4 is 4.74 Å². The fourth-order valence-corrected chi connectivity index (χ4v) is 0.948. The van der Waals surface area contributed by atoms with E-state index < -0.39 is 29.6 Å². The fraction of sp³-hybridized carbons (Fsp3) is 0.250. The van der Waals surface area contributed by atoms with Crippen LogP contribution in [0.5, 0.6) is 11.5 Å². The van der Waals surface area contributed by atoms with Crippen LogP contribution in [-0.4, -0.2) is 11.5 Å². The minimum atomic E-state index is -5.02. The Morgan fingerprint density at radius 1 is 1.00 bits per heavy atom. The van der Waals surface area contributed by atoms with E-state index in [2.05, 4.69) is 4.74 Å². The Morgan fingerprint density at radius 3 is 1.94 bits per heavy atom. The molecule has 0 aliphatic heterocycles. The number of hydrogen-bond acceptors (Lipinski definition) is 2. The molecule has 2 nitrogen and oxygen atoms in total. The number of phenols is 1. The second-order valence-corrected chi connectivity index (χ2v) is 2.72. The molecule has 0 unspecified atom stereocenters.